The van der Waals surface area contributed by atoms with Crippen LogP contribution >= 0.6 is 0 Å². The number of nitrogens with zero attached hydrogens (tertiary/aromatic N) is 3. The summed E-state index contributed by atoms with van der Waals surface area (Å²) in [6, 6.07) is 7.98. The van der Waals surface area contributed by atoms with Gasteiger partial charge in [0.1, 0.15) is 0 Å². The van der Waals surface area contributed by atoms with Crippen molar-refractivity contribution in [1.82, 2.24) is 0 Å². The molecule has 0 aromatic heterocycles. The molecule has 0 aliphatic carbocycles. The van der Waals surface area contributed by atoms with Gasteiger partial charge >= 0.3 is 0 Å². The molecule has 0 aliphatic rings. The molecule has 4 nitrogen and oxygen atoms in total. The van der Waals surface area contributed by atoms with Gasteiger partial charge in [-0.05, 0) is 23.2 Å². The SMILES string of the molecule is CNc1cccc(C=CCN=[N+]=[N-])c1. The highest BCUT2D eigenvalue weighted by molar-refractivity contribution is 5.57. The third kappa shape index (κ3) is 3.21. The summed E-state index contributed by atoms with van der Waals surface area (Å²) in [7, 11) is 1.88. The van der Waals surface area contributed by atoms with Gasteiger partial charge < -0.3 is 5.32 Å². The lowest BCUT2D eigenvalue weighted by molar-refractivity contribution is 1.22. The highest BCUT2D eigenvalue weighted by atomic mass is 15.1. The van der Waals surface area contributed by atoms with Crippen LogP contribution in [-0.4, -0.2) is 13.6 Å². The van der Waals surface area contributed by atoms with Gasteiger partial charge in [-0.1, -0.05) is 29.4 Å². The molecule has 0 saturated carbocycles. The second kappa shape index (κ2) is 5.67. The first kappa shape index (κ1) is 10.2. The molecular formula is C10H12N4. The Labute approximate surface area is 82.9 Å². The third-order valence-electron chi connectivity index (χ3n) is 1.74. The van der Waals surface area contributed by atoms with E-state index in [1.807, 2.05) is 43.5 Å². The number of anilines is 1. The summed E-state index contributed by atoms with van der Waals surface area (Å²) in [5.74, 6) is 0. The lowest BCUT2D eigenvalue weighted by atomic mass is 10.2. The van der Waals surface area contributed by atoms with Crippen molar-refractivity contribution in [3.63, 3.8) is 0 Å². The van der Waals surface area contributed by atoms with Gasteiger partial charge in [-0.15, -0.1) is 0 Å². The Bertz CT molecular complexity index is 364. The van der Waals surface area contributed by atoms with Crippen LogP contribution in [0.25, 0.3) is 16.5 Å². The maximum atomic E-state index is 8.06. The quantitative estimate of drug-likeness (QED) is 0.440. The molecule has 0 fully saturated rings. The van der Waals surface area contributed by atoms with Crippen LogP contribution < -0.4 is 5.32 Å². The zero-order chi connectivity index (χ0) is 10.2. The monoisotopic (exact) mass is 188 g/mol. The van der Waals surface area contributed by atoms with E-state index in [2.05, 4.69) is 15.3 Å². The van der Waals surface area contributed by atoms with Gasteiger partial charge in [-0.3, -0.25) is 0 Å². The van der Waals surface area contributed by atoms with E-state index in [4.69, 9.17) is 5.53 Å². The lowest BCUT2D eigenvalue weighted by Crippen LogP contribution is -1.87. The van der Waals surface area contributed by atoms with E-state index in [-0.39, 0.29) is 0 Å². The van der Waals surface area contributed by atoms with Crippen molar-refractivity contribution >= 4 is 11.8 Å². The number of hydrogen-bond donors (Lipinski definition) is 1. The molecule has 1 rings (SSSR count). The van der Waals surface area contributed by atoms with Crippen molar-refractivity contribution < 1.29 is 0 Å². The minimum Gasteiger partial charge on any atom is -0.388 e. The van der Waals surface area contributed by atoms with Crippen molar-refractivity contribution in [1.29, 1.82) is 0 Å². The van der Waals surface area contributed by atoms with E-state index < -0.39 is 0 Å². The maximum absolute atomic E-state index is 8.06. The van der Waals surface area contributed by atoms with Crippen molar-refractivity contribution in [2.24, 2.45) is 5.11 Å². The molecule has 0 unspecified atom stereocenters. The van der Waals surface area contributed by atoms with Gasteiger partial charge in [0.05, 0.1) is 0 Å². The number of hydrogen-bond acceptors (Lipinski definition) is 2. The standard InChI is InChI=1S/C10H12N4/c1-12-10-6-2-4-9(8-10)5-3-7-13-14-11/h2-6,8,12H,7H2,1H3. The summed E-state index contributed by atoms with van der Waals surface area (Å²) in [6.07, 6.45) is 3.75. The highest BCUT2D eigenvalue weighted by Gasteiger charge is 1.88. The molecule has 1 aromatic carbocycles. The van der Waals surface area contributed by atoms with Crippen molar-refractivity contribution in [3.8, 4) is 0 Å². The van der Waals surface area contributed by atoms with E-state index in [0.29, 0.717) is 6.54 Å². The Morgan fingerprint density at radius 3 is 3.14 bits per heavy atom. The second-order valence-corrected chi connectivity index (χ2v) is 2.69. The average Bonchev–Trinajstić information content (AvgIpc) is 2.25. The Hall–Kier alpha value is -1.93. The zero-order valence-corrected chi connectivity index (χ0v) is 8.01. The Morgan fingerprint density at radius 2 is 2.43 bits per heavy atom. The average molecular weight is 188 g/mol. The van der Waals surface area contributed by atoms with Crippen LogP contribution in [0.1, 0.15) is 5.56 Å². The van der Waals surface area contributed by atoms with E-state index in [9.17, 15) is 0 Å². The predicted octanol–water partition coefficient (Wildman–Crippen LogP) is 3.05. The van der Waals surface area contributed by atoms with Crippen LogP contribution in [0.2, 0.25) is 0 Å². The Balaban J connectivity index is 2.66. The van der Waals surface area contributed by atoms with E-state index in [1.165, 1.54) is 0 Å². The first-order valence-electron chi connectivity index (χ1n) is 4.32. The molecule has 0 spiro atoms. The first-order chi connectivity index (χ1) is 6.86. The van der Waals surface area contributed by atoms with Crippen LogP contribution in [0.3, 0.4) is 0 Å². The van der Waals surface area contributed by atoms with Gasteiger partial charge in [0.15, 0.2) is 0 Å². The molecule has 0 radical (unpaired) electrons. The number of azide groups is 1. The van der Waals surface area contributed by atoms with Crippen LogP contribution in [-0.2, 0) is 0 Å². The van der Waals surface area contributed by atoms with Gasteiger partial charge in [-0.25, -0.2) is 0 Å². The highest BCUT2D eigenvalue weighted by Crippen LogP contribution is 2.10. The topological polar surface area (TPSA) is 60.8 Å². The summed E-state index contributed by atoms with van der Waals surface area (Å²) in [5.41, 5.74) is 10.2. The molecular weight excluding hydrogens is 176 g/mol. The lowest BCUT2D eigenvalue weighted by Gasteiger charge is -1.99. The summed E-state index contributed by atoms with van der Waals surface area (Å²) in [4.78, 5) is 2.66. The van der Waals surface area contributed by atoms with Crippen LogP contribution in [0.15, 0.2) is 35.5 Å². The summed E-state index contributed by atoms with van der Waals surface area (Å²) < 4.78 is 0. The first-order valence-corrected chi connectivity index (χ1v) is 4.32. The molecule has 1 aromatic rings. The van der Waals surface area contributed by atoms with E-state index in [0.717, 1.165) is 11.3 Å². The summed E-state index contributed by atoms with van der Waals surface area (Å²) in [5, 5.41) is 6.46. The van der Waals surface area contributed by atoms with Crippen molar-refractivity contribution in [2.45, 2.75) is 0 Å². The van der Waals surface area contributed by atoms with Crippen LogP contribution in [0.5, 0.6) is 0 Å². The number of benzene rings is 1. The normalized spacial score (nSPS) is 9.79. The van der Waals surface area contributed by atoms with Gasteiger partial charge in [0.2, 0.25) is 0 Å². The largest absolute Gasteiger partial charge is 0.388 e. The van der Waals surface area contributed by atoms with Gasteiger partial charge in [0.25, 0.3) is 0 Å². The van der Waals surface area contributed by atoms with Crippen LogP contribution in [0.4, 0.5) is 5.69 Å². The molecule has 0 heterocycles. The fraction of sp³-hybridized carbons (Fsp3) is 0.200. The zero-order valence-electron chi connectivity index (χ0n) is 8.01. The Morgan fingerprint density at radius 1 is 1.57 bits per heavy atom. The Kier molecular flexibility index (Phi) is 4.11. The van der Waals surface area contributed by atoms with Gasteiger partial charge in [-0.2, -0.15) is 0 Å². The maximum Gasteiger partial charge on any atom is 0.0443 e. The minimum atomic E-state index is 0.389. The fourth-order valence-electron chi connectivity index (χ4n) is 1.07. The smallest absolute Gasteiger partial charge is 0.0443 e. The van der Waals surface area contributed by atoms with Crippen LogP contribution in [0, 0.1) is 0 Å². The molecule has 4 heteroatoms. The molecule has 0 atom stereocenters. The fourth-order valence-corrected chi connectivity index (χ4v) is 1.07. The molecule has 1 N–H and O–H groups in total. The molecule has 0 aliphatic heterocycles. The molecule has 72 valence electrons. The molecule has 0 saturated heterocycles. The molecule has 14 heavy (non-hydrogen) atoms. The summed E-state index contributed by atoms with van der Waals surface area (Å²) in [6.45, 7) is 0.389. The number of nitrogens with one attached hydrogen (secondary N) is 1. The minimum absolute atomic E-state index is 0.389. The van der Waals surface area contributed by atoms with Crippen molar-refractivity contribution in [2.75, 3.05) is 18.9 Å². The molecule has 0 amide bonds. The van der Waals surface area contributed by atoms with Crippen molar-refractivity contribution in [3.05, 3.63) is 46.3 Å². The summed E-state index contributed by atoms with van der Waals surface area (Å²) >= 11 is 0. The number of rotatable bonds is 4. The third-order valence-corrected chi connectivity index (χ3v) is 1.74. The second-order valence-electron chi connectivity index (χ2n) is 2.69. The van der Waals surface area contributed by atoms with Gasteiger partial charge in [0, 0.05) is 24.2 Å². The van der Waals surface area contributed by atoms with E-state index in [1.54, 1.807) is 0 Å². The predicted molar refractivity (Wildman–Crippen MR) is 59.0 cm³/mol. The van der Waals surface area contributed by atoms with E-state index >= 15 is 0 Å². The molecule has 0 bridgehead atoms.